The number of carbonyl (C=O) groups is 1. The number of nitrogens with zero attached hydrogens (tertiary/aromatic N) is 1. The normalized spacial score (nSPS) is 10.2. The Bertz CT molecular complexity index is 548. The van der Waals surface area contributed by atoms with Gasteiger partial charge in [0.05, 0.1) is 5.02 Å². The lowest BCUT2D eigenvalue weighted by Crippen LogP contribution is -2.11. The predicted octanol–water partition coefficient (Wildman–Crippen LogP) is 3.72. The van der Waals surface area contributed by atoms with Crippen LogP contribution in [0.15, 0.2) is 35.7 Å². The van der Waals surface area contributed by atoms with Gasteiger partial charge in [0.25, 0.3) is 5.91 Å². The number of hydrogen-bond acceptors (Lipinski definition) is 3. The minimum atomic E-state index is -0.174. The molecule has 0 aliphatic rings. The molecule has 0 saturated carbocycles. The van der Waals surface area contributed by atoms with E-state index in [1.165, 1.54) is 11.3 Å². The summed E-state index contributed by atoms with van der Waals surface area (Å²) in [5.74, 6) is -0.174. The SMILES string of the molecule is CN(C)c1ccc(NC(=O)c2sccc2Cl)cc1. The maximum Gasteiger partial charge on any atom is 0.267 e. The molecule has 0 bridgehead atoms. The number of anilines is 2. The van der Waals surface area contributed by atoms with Crippen molar-refractivity contribution < 1.29 is 4.79 Å². The molecule has 0 radical (unpaired) electrons. The van der Waals surface area contributed by atoms with Crippen molar-refractivity contribution >= 4 is 40.2 Å². The van der Waals surface area contributed by atoms with Gasteiger partial charge in [-0.3, -0.25) is 4.79 Å². The Morgan fingerprint density at radius 1 is 1.22 bits per heavy atom. The van der Waals surface area contributed by atoms with E-state index in [0.29, 0.717) is 9.90 Å². The molecule has 2 rings (SSSR count). The molecule has 0 spiro atoms. The molecule has 0 aliphatic carbocycles. The second-order valence-electron chi connectivity index (χ2n) is 3.99. The van der Waals surface area contributed by atoms with Gasteiger partial charge >= 0.3 is 0 Å². The maximum atomic E-state index is 11.9. The number of benzene rings is 1. The first kappa shape index (κ1) is 12.9. The average Bonchev–Trinajstić information content (AvgIpc) is 2.76. The fourth-order valence-electron chi connectivity index (χ4n) is 1.49. The highest BCUT2D eigenvalue weighted by Crippen LogP contribution is 2.23. The van der Waals surface area contributed by atoms with Gasteiger partial charge in [0.15, 0.2) is 0 Å². The number of hydrogen-bond donors (Lipinski definition) is 1. The van der Waals surface area contributed by atoms with Gasteiger partial charge in [-0.05, 0) is 35.7 Å². The van der Waals surface area contributed by atoms with Crippen LogP contribution in [-0.4, -0.2) is 20.0 Å². The summed E-state index contributed by atoms with van der Waals surface area (Å²) in [4.78, 5) is 14.5. The van der Waals surface area contributed by atoms with Gasteiger partial charge in [0, 0.05) is 25.5 Å². The predicted molar refractivity (Wildman–Crippen MR) is 78.1 cm³/mol. The molecule has 0 unspecified atom stereocenters. The quantitative estimate of drug-likeness (QED) is 0.929. The Morgan fingerprint density at radius 2 is 1.89 bits per heavy atom. The summed E-state index contributed by atoms with van der Waals surface area (Å²) in [6, 6.07) is 9.36. The summed E-state index contributed by atoms with van der Waals surface area (Å²) >= 11 is 7.24. The first-order valence-electron chi connectivity index (χ1n) is 5.39. The number of thiophene rings is 1. The minimum absolute atomic E-state index is 0.174. The van der Waals surface area contributed by atoms with Crippen LogP contribution in [0.3, 0.4) is 0 Å². The first-order chi connectivity index (χ1) is 8.58. The third-order valence-corrected chi connectivity index (χ3v) is 3.81. The number of carbonyl (C=O) groups excluding carboxylic acids is 1. The van der Waals surface area contributed by atoms with E-state index in [1.54, 1.807) is 11.4 Å². The molecule has 1 aromatic heterocycles. The summed E-state index contributed by atoms with van der Waals surface area (Å²) in [5.41, 5.74) is 1.84. The lowest BCUT2D eigenvalue weighted by atomic mass is 10.2. The Kier molecular flexibility index (Phi) is 3.89. The van der Waals surface area contributed by atoms with E-state index in [-0.39, 0.29) is 5.91 Å². The highest BCUT2D eigenvalue weighted by atomic mass is 35.5. The van der Waals surface area contributed by atoms with Crippen molar-refractivity contribution in [3.63, 3.8) is 0 Å². The van der Waals surface area contributed by atoms with Crippen LogP contribution in [0.2, 0.25) is 5.02 Å². The molecule has 0 fully saturated rings. The summed E-state index contributed by atoms with van der Waals surface area (Å²) < 4.78 is 0. The number of rotatable bonds is 3. The molecule has 18 heavy (non-hydrogen) atoms. The molecule has 0 aliphatic heterocycles. The molecule has 2 aromatic rings. The zero-order valence-electron chi connectivity index (χ0n) is 10.1. The van der Waals surface area contributed by atoms with Crippen molar-refractivity contribution in [2.45, 2.75) is 0 Å². The summed E-state index contributed by atoms with van der Waals surface area (Å²) in [7, 11) is 3.94. The van der Waals surface area contributed by atoms with Crippen LogP contribution in [-0.2, 0) is 0 Å². The van der Waals surface area contributed by atoms with Crippen molar-refractivity contribution in [1.29, 1.82) is 0 Å². The second kappa shape index (κ2) is 5.42. The Morgan fingerprint density at radius 3 is 2.39 bits per heavy atom. The topological polar surface area (TPSA) is 32.3 Å². The van der Waals surface area contributed by atoms with Crippen LogP contribution in [0, 0.1) is 0 Å². The highest BCUT2D eigenvalue weighted by molar-refractivity contribution is 7.12. The van der Waals surface area contributed by atoms with Gasteiger partial charge in [-0.25, -0.2) is 0 Å². The summed E-state index contributed by atoms with van der Waals surface area (Å²) in [6.45, 7) is 0. The summed E-state index contributed by atoms with van der Waals surface area (Å²) in [5, 5.41) is 5.11. The Hall–Kier alpha value is -1.52. The van der Waals surface area contributed by atoms with Crippen LogP contribution in [0.5, 0.6) is 0 Å². The molecule has 1 aromatic carbocycles. The van der Waals surface area contributed by atoms with Crippen LogP contribution < -0.4 is 10.2 Å². The Balaban J connectivity index is 2.10. The molecule has 0 atom stereocenters. The molecule has 1 N–H and O–H groups in total. The molecule has 1 heterocycles. The van der Waals surface area contributed by atoms with Crippen molar-refractivity contribution in [2.24, 2.45) is 0 Å². The zero-order valence-corrected chi connectivity index (χ0v) is 11.7. The third kappa shape index (κ3) is 2.83. The monoisotopic (exact) mass is 280 g/mol. The van der Waals surface area contributed by atoms with E-state index >= 15 is 0 Å². The van der Waals surface area contributed by atoms with Crippen LogP contribution >= 0.6 is 22.9 Å². The molecule has 5 heteroatoms. The van der Waals surface area contributed by atoms with Gasteiger partial charge in [0.2, 0.25) is 0 Å². The second-order valence-corrected chi connectivity index (χ2v) is 5.32. The Labute approximate surface area is 115 Å². The van der Waals surface area contributed by atoms with E-state index in [4.69, 9.17) is 11.6 Å². The van der Waals surface area contributed by atoms with Crippen LogP contribution in [0.4, 0.5) is 11.4 Å². The smallest absolute Gasteiger partial charge is 0.267 e. The van der Waals surface area contributed by atoms with Gasteiger partial charge in [-0.1, -0.05) is 11.6 Å². The molecular formula is C13H13ClN2OS. The van der Waals surface area contributed by atoms with E-state index in [0.717, 1.165) is 11.4 Å². The largest absolute Gasteiger partial charge is 0.378 e. The van der Waals surface area contributed by atoms with Crippen LogP contribution in [0.25, 0.3) is 0 Å². The van der Waals surface area contributed by atoms with Crippen molar-refractivity contribution in [3.05, 3.63) is 45.6 Å². The van der Waals surface area contributed by atoms with Crippen molar-refractivity contribution in [1.82, 2.24) is 0 Å². The van der Waals surface area contributed by atoms with Gasteiger partial charge in [-0.2, -0.15) is 0 Å². The van der Waals surface area contributed by atoms with E-state index < -0.39 is 0 Å². The fourth-order valence-corrected chi connectivity index (χ4v) is 2.52. The first-order valence-corrected chi connectivity index (χ1v) is 6.65. The number of halogens is 1. The van der Waals surface area contributed by atoms with Gasteiger partial charge < -0.3 is 10.2 Å². The molecule has 1 amide bonds. The van der Waals surface area contributed by atoms with Crippen LogP contribution in [0.1, 0.15) is 9.67 Å². The molecule has 0 saturated heterocycles. The lowest BCUT2D eigenvalue weighted by molar-refractivity contribution is 0.103. The van der Waals surface area contributed by atoms with E-state index in [1.807, 2.05) is 43.3 Å². The number of amides is 1. The number of nitrogens with one attached hydrogen (secondary N) is 1. The average molecular weight is 281 g/mol. The fraction of sp³-hybridized carbons (Fsp3) is 0.154. The maximum absolute atomic E-state index is 11.9. The molecule has 94 valence electrons. The standard InChI is InChI=1S/C13H13ClN2OS/c1-16(2)10-5-3-9(4-6-10)15-13(17)12-11(14)7-8-18-12/h3-8H,1-2H3,(H,15,17). The highest BCUT2D eigenvalue weighted by Gasteiger charge is 2.11. The molecule has 3 nitrogen and oxygen atoms in total. The minimum Gasteiger partial charge on any atom is -0.378 e. The van der Waals surface area contributed by atoms with E-state index in [2.05, 4.69) is 5.32 Å². The van der Waals surface area contributed by atoms with Crippen molar-refractivity contribution in [3.8, 4) is 0 Å². The molecular weight excluding hydrogens is 268 g/mol. The van der Waals surface area contributed by atoms with Gasteiger partial charge in [-0.15, -0.1) is 11.3 Å². The third-order valence-electron chi connectivity index (χ3n) is 2.46. The zero-order chi connectivity index (χ0) is 13.1. The lowest BCUT2D eigenvalue weighted by Gasteiger charge is -2.12. The van der Waals surface area contributed by atoms with Crippen molar-refractivity contribution in [2.75, 3.05) is 24.3 Å². The van der Waals surface area contributed by atoms with Gasteiger partial charge in [0.1, 0.15) is 4.88 Å². The van der Waals surface area contributed by atoms with E-state index in [9.17, 15) is 4.79 Å². The summed E-state index contributed by atoms with van der Waals surface area (Å²) in [6.07, 6.45) is 0.